The van der Waals surface area contributed by atoms with E-state index >= 15 is 0 Å². The summed E-state index contributed by atoms with van der Waals surface area (Å²) >= 11 is 3.47. The van der Waals surface area contributed by atoms with E-state index in [0.717, 1.165) is 47.2 Å². The van der Waals surface area contributed by atoms with Crippen LogP contribution in [0.1, 0.15) is 36.8 Å². The molecule has 2 N–H and O–H groups in total. The minimum absolute atomic E-state index is 0.0182. The van der Waals surface area contributed by atoms with Crippen molar-refractivity contribution >= 4 is 33.6 Å². The molecule has 4 rings (SSSR count). The Balaban J connectivity index is 1.43. The monoisotopic (exact) mass is 485 g/mol. The number of nitrogens with one attached hydrogen (secondary N) is 2. The van der Waals surface area contributed by atoms with Crippen molar-refractivity contribution in [2.75, 3.05) is 31.6 Å². The molecule has 0 aromatic heterocycles. The van der Waals surface area contributed by atoms with Crippen LogP contribution in [0, 0.1) is 0 Å². The summed E-state index contributed by atoms with van der Waals surface area (Å²) < 4.78 is 6.54. The smallest absolute Gasteiger partial charge is 0.321 e. The molecule has 0 saturated carbocycles. The molecule has 0 bridgehead atoms. The summed E-state index contributed by atoms with van der Waals surface area (Å²) in [7, 11) is 0. The lowest BCUT2D eigenvalue weighted by Gasteiger charge is -2.36. The summed E-state index contributed by atoms with van der Waals surface area (Å²) in [5.74, 6) is 0.0182. The van der Waals surface area contributed by atoms with Crippen molar-refractivity contribution in [3.8, 4) is 0 Å². The van der Waals surface area contributed by atoms with Crippen LogP contribution in [0.25, 0.3) is 0 Å². The molecule has 6 nitrogen and oxygen atoms in total. The highest BCUT2D eigenvalue weighted by molar-refractivity contribution is 9.10. The number of rotatable bonds is 5. The molecule has 2 aromatic rings. The molecule has 2 aliphatic rings. The number of carbonyl (C=O) groups is 2. The molecule has 0 atom stereocenters. The molecule has 0 spiro atoms. The van der Waals surface area contributed by atoms with Gasteiger partial charge < -0.3 is 20.3 Å². The van der Waals surface area contributed by atoms with Crippen LogP contribution in [0.4, 0.5) is 10.5 Å². The SMILES string of the molecule is O=C(Nc1cccc(CNC(=O)C2(c3ccc(Br)cc3)CCOCC2)c1)N1CCCC1. The molecule has 0 aliphatic carbocycles. The molecule has 3 amide bonds. The first-order valence-electron chi connectivity index (χ1n) is 10.8. The maximum atomic E-state index is 13.4. The second kappa shape index (κ2) is 9.83. The van der Waals surface area contributed by atoms with Crippen molar-refractivity contribution in [3.05, 3.63) is 64.1 Å². The van der Waals surface area contributed by atoms with E-state index in [0.29, 0.717) is 32.6 Å². The van der Waals surface area contributed by atoms with Gasteiger partial charge in [-0.2, -0.15) is 0 Å². The summed E-state index contributed by atoms with van der Waals surface area (Å²) in [6.45, 7) is 3.17. The number of anilines is 1. The molecular weight excluding hydrogens is 458 g/mol. The highest BCUT2D eigenvalue weighted by Gasteiger charge is 2.41. The van der Waals surface area contributed by atoms with Gasteiger partial charge in [0.2, 0.25) is 5.91 Å². The van der Waals surface area contributed by atoms with Gasteiger partial charge >= 0.3 is 6.03 Å². The molecule has 164 valence electrons. The van der Waals surface area contributed by atoms with Crippen LogP contribution in [0.5, 0.6) is 0 Å². The van der Waals surface area contributed by atoms with Crippen LogP contribution >= 0.6 is 15.9 Å². The van der Waals surface area contributed by atoms with Gasteiger partial charge in [0.05, 0.1) is 5.41 Å². The van der Waals surface area contributed by atoms with Crippen LogP contribution in [-0.2, 0) is 21.5 Å². The van der Waals surface area contributed by atoms with Crippen molar-refractivity contribution in [3.63, 3.8) is 0 Å². The summed E-state index contributed by atoms with van der Waals surface area (Å²) in [5, 5.41) is 6.10. The summed E-state index contributed by atoms with van der Waals surface area (Å²) in [6, 6.07) is 15.6. The molecule has 0 unspecified atom stereocenters. The third-order valence-corrected chi connectivity index (χ3v) is 6.73. The Kier molecular flexibility index (Phi) is 6.92. The number of hydrogen-bond donors (Lipinski definition) is 2. The number of benzene rings is 2. The minimum Gasteiger partial charge on any atom is -0.381 e. The average molecular weight is 486 g/mol. The van der Waals surface area contributed by atoms with E-state index in [4.69, 9.17) is 4.74 Å². The normalized spacial score (nSPS) is 17.9. The molecule has 31 heavy (non-hydrogen) atoms. The third-order valence-electron chi connectivity index (χ3n) is 6.20. The summed E-state index contributed by atoms with van der Waals surface area (Å²) in [4.78, 5) is 27.5. The van der Waals surface area contributed by atoms with Gasteiger partial charge in [0.1, 0.15) is 0 Å². The lowest BCUT2D eigenvalue weighted by Crippen LogP contribution is -2.47. The first kappa shape index (κ1) is 21.8. The molecule has 2 aromatic carbocycles. The number of likely N-dealkylation sites (tertiary alicyclic amines) is 1. The van der Waals surface area contributed by atoms with Gasteiger partial charge in [-0.3, -0.25) is 4.79 Å². The maximum Gasteiger partial charge on any atom is 0.321 e. The van der Waals surface area contributed by atoms with E-state index in [1.165, 1.54) is 0 Å². The van der Waals surface area contributed by atoms with Gasteiger partial charge in [0, 0.05) is 43.0 Å². The minimum atomic E-state index is -0.583. The molecule has 7 heteroatoms. The highest BCUT2D eigenvalue weighted by atomic mass is 79.9. The highest BCUT2D eigenvalue weighted by Crippen LogP contribution is 2.36. The molecule has 0 radical (unpaired) electrons. The van der Waals surface area contributed by atoms with Crippen molar-refractivity contribution in [1.29, 1.82) is 0 Å². The van der Waals surface area contributed by atoms with Crippen molar-refractivity contribution < 1.29 is 14.3 Å². The van der Waals surface area contributed by atoms with Crippen molar-refractivity contribution in [2.24, 2.45) is 0 Å². The van der Waals surface area contributed by atoms with Gasteiger partial charge in [-0.25, -0.2) is 4.79 Å². The Morgan fingerprint density at radius 2 is 1.74 bits per heavy atom. The number of amides is 3. The zero-order valence-corrected chi connectivity index (χ0v) is 19.1. The Morgan fingerprint density at radius 3 is 2.45 bits per heavy atom. The quantitative estimate of drug-likeness (QED) is 0.657. The summed E-state index contributed by atoms with van der Waals surface area (Å²) in [5.41, 5.74) is 2.13. The van der Waals surface area contributed by atoms with E-state index in [1.54, 1.807) is 0 Å². The van der Waals surface area contributed by atoms with Crippen LogP contribution < -0.4 is 10.6 Å². The predicted molar refractivity (Wildman–Crippen MR) is 124 cm³/mol. The number of hydrogen-bond acceptors (Lipinski definition) is 3. The van der Waals surface area contributed by atoms with Gasteiger partial charge in [0.15, 0.2) is 0 Å². The Hall–Kier alpha value is -2.38. The van der Waals surface area contributed by atoms with Crippen molar-refractivity contribution in [1.82, 2.24) is 10.2 Å². The fourth-order valence-corrected chi connectivity index (χ4v) is 4.63. The van der Waals surface area contributed by atoms with Crippen molar-refractivity contribution in [2.45, 2.75) is 37.6 Å². The zero-order chi connectivity index (χ0) is 21.7. The van der Waals surface area contributed by atoms with E-state index < -0.39 is 5.41 Å². The molecule has 2 saturated heterocycles. The number of nitrogens with zero attached hydrogens (tertiary/aromatic N) is 1. The maximum absolute atomic E-state index is 13.4. The predicted octanol–water partition coefficient (Wildman–Crippen LogP) is 4.44. The zero-order valence-electron chi connectivity index (χ0n) is 17.5. The topological polar surface area (TPSA) is 70.7 Å². The van der Waals surface area contributed by atoms with Gasteiger partial charge in [-0.1, -0.05) is 40.2 Å². The van der Waals surface area contributed by atoms with Crippen LogP contribution in [0.2, 0.25) is 0 Å². The van der Waals surface area contributed by atoms with E-state index in [-0.39, 0.29) is 11.9 Å². The fourth-order valence-electron chi connectivity index (χ4n) is 4.37. The molecular formula is C24H28BrN3O3. The van der Waals surface area contributed by atoms with Gasteiger partial charge in [-0.05, 0) is 61.1 Å². The Morgan fingerprint density at radius 1 is 1.03 bits per heavy atom. The number of ether oxygens (including phenoxy) is 1. The second-order valence-electron chi connectivity index (χ2n) is 8.21. The molecule has 2 heterocycles. The fraction of sp³-hybridized carbons (Fsp3) is 0.417. The van der Waals surface area contributed by atoms with E-state index in [2.05, 4.69) is 26.6 Å². The number of urea groups is 1. The third kappa shape index (κ3) is 5.10. The second-order valence-corrected chi connectivity index (χ2v) is 9.12. The summed E-state index contributed by atoms with van der Waals surface area (Å²) in [6.07, 6.45) is 3.44. The largest absolute Gasteiger partial charge is 0.381 e. The van der Waals surface area contributed by atoms with Crippen LogP contribution in [-0.4, -0.2) is 43.1 Å². The van der Waals surface area contributed by atoms with E-state index in [1.807, 2.05) is 53.4 Å². The first-order chi connectivity index (χ1) is 15.1. The lowest BCUT2D eigenvalue weighted by molar-refractivity contribution is -0.130. The first-order valence-corrected chi connectivity index (χ1v) is 11.6. The standard InChI is InChI=1S/C24H28BrN3O3/c25-20-8-6-19(7-9-20)24(10-14-31-15-11-24)22(29)26-17-18-4-3-5-21(16-18)27-23(30)28-12-1-2-13-28/h3-9,16H,1-2,10-15,17H2,(H,26,29)(H,27,30). The number of halogens is 1. The molecule has 2 aliphatic heterocycles. The average Bonchev–Trinajstić information content (AvgIpc) is 3.34. The Labute approximate surface area is 191 Å². The lowest BCUT2D eigenvalue weighted by atomic mass is 9.73. The van der Waals surface area contributed by atoms with E-state index in [9.17, 15) is 9.59 Å². The molecule has 2 fully saturated rings. The van der Waals surface area contributed by atoms with Crippen LogP contribution in [0.3, 0.4) is 0 Å². The van der Waals surface area contributed by atoms with Gasteiger partial charge in [0.25, 0.3) is 0 Å². The number of carbonyl (C=O) groups excluding carboxylic acids is 2. The van der Waals surface area contributed by atoms with Gasteiger partial charge in [-0.15, -0.1) is 0 Å². The Bertz CT molecular complexity index is 920. The van der Waals surface area contributed by atoms with Crippen LogP contribution in [0.15, 0.2) is 53.0 Å².